The maximum Gasteiger partial charge on any atom is 0.416 e. The quantitative estimate of drug-likeness (QED) is 0.375. The van der Waals surface area contributed by atoms with Gasteiger partial charge in [-0.05, 0) is 79.6 Å². The first-order valence-electron chi connectivity index (χ1n) is 11.8. The highest BCUT2D eigenvalue weighted by Gasteiger charge is 2.34. The van der Waals surface area contributed by atoms with E-state index in [2.05, 4.69) is 5.32 Å². The molecule has 0 bridgehead atoms. The minimum atomic E-state index is -4.73. The van der Waals surface area contributed by atoms with Crippen LogP contribution in [0.3, 0.4) is 0 Å². The van der Waals surface area contributed by atoms with Crippen LogP contribution in [0, 0.1) is 0 Å². The number of amides is 1. The molecule has 0 fully saturated rings. The normalized spacial score (nSPS) is 14.5. The molecule has 0 aliphatic heterocycles. The SMILES string of the molecule is CC(NC(=O)CN(c1cc(C(F)(F)F)ccc1Cl)S(=O)(=O)c1ccccc1)c1ccc2c(c1)CCCC2. The molecule has 5 nitrogen and oxygen atoms in total. The maximum absolute atomic E-state index is 13.5. The Balaban J connectivity index is 1.65. The number of aryl methyl sites for hydroxylation is 2. The number of rotatable bonds is 7. The molecule has 4 rings (SSSR count). The monoisotopic (exact) mass is 550 g/mol. The smallest absolute Gasteiger partial charge is 0.348 e. The lowest BCUT2D eigenvalue weighted by Gasteiger charge is -2.27. The average molecular weight is 551 g/mol. The van der Waals surface area contributed by atoms with Gasteiger partial charge in [-0.1, -0.05) is 48.0 Å². The van der Waals surface area contributed by atoms with Crippen LogP contribution in [0.4, 0.5) is 18.9 Å². The number of alkyl halides is 3. The van der Waals surface area contributed by atoms with Crippen molar-refractivity contribution in [2.75, 3.05) is 10.8 Å². The van der Waals surface area contributed by atoms with Gasteiger partial charge in [-0.25, -0.2) is 8.42 Å². The first-order chi connectivity index (χ1) is 17.5. The lowest BCUT2D eigenvalue weighted by Crippen LogP contribution is -2.41. The fraction of sp³-hybridized carbons (Fsp3) is 0.296. The van der Waals surface area contributed by atoms with Gasteiger partial charge in [0.15, 0.2) is 0 Å². The second-order valence-corrected chi connectivity index (χ2v) is 11.3. The van der Waals surface area contributed by atoms with Gasteiger partial charge in [0.1, 0.15) is 6.54 Å². The Kier molecular flexibility index (Phi) is 7.85. The summed E-state index contributed by atoms with van der Waals surface area (Å²) in [5.74, 6) is -0.682. The molecule has 1 unspecified atom stereocenters. The van der Waals surface area contributed by atoms with Crippen LogP contribution >= 0.6 is 11.6 Å². The van der Waals surface area contributed by atoms with Crippen LogP contribution in [0.1, 0.15) is 48.1 Å². The summed E-state index contributed by atoms with van der Waals surface area (Å²) >= 11 is 6.18. The highest BCUT2D eigenvalue weighted by molar-refractivity contribution is 7.92. The van der Waals surface area contributed by atoms with Crippen molar-refractivity contribution in [1.29, 1.82) is 0 Å². The Bertz CT molecular complexity index is 1400. The molecule has 0 spiro atoms. The molecule has 1 aliphatic rings. The Hall–Kier alpha value is -3.04. The van der Waals surface area contributed by atoms with E-state index in [4.69, 9.17) is 11.6 Å². The zero-order valence-corrected chi connectivity index (χ0v) is 21.6. The second kappa shape index (κ2) is 10.8. The van der Waals surface area contributed by atoms with Gasteiger partial charge in [-0.2, -0.15) is 13.2 Å². The van der Waals surface area contributed by atoms with Crippen molar-refractivity contribution in [3.05, 3.63) is 94.0 Å². The largest absolute Gasteiger partial charge is 0.416 e. The number of sulfonamides is 1. The first kappa shape index (κ1) is 27.0. The highest BCUT2D eigenvalue weighted by atomic mass is 35.5. The number of halogens is 4. The third-order valence-electron chi connectivity index (χ3n) is 6.41. The fourth-order valence-corrected chi connectivity index (χ4v) is 6.15. The Morgan fingerprint density at radius 3 is 2.35 bits per heavy atom. The van der Waals surface area contributed by atoms with Crippen molar-refractivity contribution in [1.82, 2.24) is 5.32 Å². The topological polar surface area (TPSA) is 66.5 Å². The summed E-state index contributed by atoms with van der Waals surface area (Å²) in [7, 11) is -4.43. The van der Waals surface area contributed by atoms with Crippen LogP contribution in [-0.4, -0.2) is 20.9 Å². The van der Waals surface area contributed by atoms with Crippen LogP contribution in [0.2, 0.25) is 5.02 Å². The summed E-state index contributed by atoms with van der Waals surface area (Å²) < 4.78 is 67.9. The Morgan fingerprint density at radius 2 is 1.68 bits per heavy atom. The van der Waals surface area contributed by atoms with Crippen LogP contribution in [-0.2, 0) is 33.8 Å². The van der Waals surface area contributed by atoms with E-state index in [1.807, 2.05) is 18.2 Å². The Labute approximate surface area is 219 Å². The number of nitrogens with zero attached hydrogens (tertiary/aromatic N) is 1. The number of hydrogen-bond acceptors (Lipinski definition) is 3. The number of fused-ring (bicyclic) bond motifs is 1. The molecule has 0 aromatic heterocycles. The number of nitrogens with one attached hydrogen (secondary N) is 1. The van der Waals surface area contributed by atoms with Crippen molar-refractivity contribution in [3.63, 3.8) is 0 Å². The van der Waals surface area contributed by atoms with Crippen molar-refractivity contribution in [2.45, 2.75) is 49.7 Å². The molecule has 0 saturated heterocycles. The Morgan fingerprint density at radius 1 is 1.00 bits per heavy atom. The van der Waals surface area contributed by atoms with Gasteiger partial charge < -0.3 is 5.32 Å². The predicted octanol–water partition coefficient (Wildman–Crippen LogP) is 6.31. The van der Waals surface area contributed by atoms with Crippen LogP contribution < -0.4 is 9.62 Å². The molecule has 1 amide bonds. The van der Waals surface area contributed by atoms with Crippen LogP contribution in [0.15, 0.2) is 71.6 Å². The number of carbonyl (C=O) groups excluding carboxylic acids is 1. The zero-order chi connectivity index (χ0) is 26.8. The second-order valence-electron chi connectivity index (χ2n) is 9.01. The third-order valence-corrected chi connectivity index (χ3v) is 8.50. The molecule has 0 saturated carbocycles. The fourth-order valence-electron chi connectivity index (χ4n) is 4.42. The van der Waals surface area contributed by atoms with E-state index >= 15 is 0 Å². The lowest BCUT2D eigenvalue weighted by molar-refractivity contribution is -0.137. The van der Waals surface area contributed by atoms with Gasteiger partial charge in [0.05, 0.1) is 27.2 Å². The minimum absolute atomic E-state index is 0.181. The van der Waals surface area contributed by atoms with E-state index in [1.54, 1.807) is 13.0 Å². The van der Waals surface area contributed by atoms with Gasteiger partial charge in [0.25, 0.3) is 10.0 Å². The van der Waals surface area contributed by atoms with Gasteiger partial charge in [-0.15, -0.1) is 0 Å². The summed E-state index contributed by atoms with van der Waals surface area (Å²) in [6, 6.07) is 15.1. The van der Waals surface area contributed by atoms with Gasteiger partial charge in [0, 0.05) is 0 Å². The summed E-state index contributed by atoms with van der Waals surface area (Å²) in [6.45, 7) is 1.02. The van der Waals surface area contributed by atoms with E-state index in [0.29, 0.717) is 10.4 Å². The molecule has 3 aromatic rings. The molecular formula is C27H26ClF3N2O3S. The number of benzene rings is 3. The number of hydrogen-bond donors (Lipinski definition) is 1. The minimum Gasteiger partial charge on any atom is -0.348 e. The van der Waals surface area contributed by atoms with Gasteiger partial charge in [-0.3, -0.25) is 9.10 Å². The van der Waals surface area contributed by atoms with Crippen molar-refractivity contribution in [3.8, 4) is 0 Å². The van der Waals surface area contributed by atoms with Crippen LogP contribution in [0.5, 0.6) is 0 Å². The zero-order valence-electron chi connectivity index (χ0n) is 20.1. The van der Waals surface area contributed by atoms with E-state index in [-0.39, 0.29) is 9.92 Å². The molecular weight excluding hydrogens is 525 g/mol. The molecule has 1 atom stereocenters. The van der Waals surface area contributed by atoms with Crippen LogP contribution in [0.25, 0.3) is 0 Å². The van der Waals surface area contributed by atoms with Crippen molar-refractivity contribution in [2.24, 2.45) is 0 Å². The van der Waals surface area contributed by atoms with Gasteiger partial charge >= 0.3 is 6.18 Å². The van der Waals surface area contributed by atoms with E-state index in [1.165, 1.54) is 35.4 Å². The summed E-state index contributed by atoms with van der Waals surface area (Å²) in [5.41, 5.74) is 1.87. The van der Waals surface area contributed by atoms with Crippen molar-refractivity contribution >= 4 is 33.2 Å². The molecule has 10 heteroatoms. The van der Waals surface area contributed by atoms with E-state index in [0.717, 1.165) is 43.4 Å². The van der Waals surface area contributed by atoms with Crippen molar-refractivity contribution < 1.29 is 26.4 Å². The summed E-state index contributed by atoms with van der Waals surface area (Å²) in [6.07, 6.45) is -0.518. The molecule has 0 radical (unpaired) electrons. The van der Waals surface area contributed by atoms with Gasteiger partial charge in [0.2, 0.25) is 5.91 Å². The molecule has 0 heterocycles. The molecule has 196 valence electrons. The molecule has 1 N–H and O–H groups in total. The van der Waals surface area contributed by atoms with E-state index in [9.17, 15) is 26.4 Å². The number of anilines is 1. The third kappa shape index (κ3) is 6.10. The first-order valence-corrected chi connectivity index (χ1v) is 13.6. The highest BCUT2D eigenvalue weighted by Crippen LogP contribution is 2.37. The standard InChI is InChI=1S/C27H26ClF3N2O3S/c1-18(20-12-11-19-7-5-6-8-21(19)15-20)32-26(34)17-33(37(35,36)23-9-3-2-4-10-23)25-16-22(27(29,30)31)13-14-24(25)28/h2-4,9-16,18H,5-8,17H2,1H3,(H,32,34). The number of carbonyl (C=O) groups is 1. The maximum atomic E-state index is 13.5. The summed E-state index contributed by atoms with van der Waals surface area (Å²) in [5, 5.41) is 2.55. The molecule has 37 heavy (non-hydrogen) atoms. The lowest BCUT2D eigenvalue weighted by atomic mass is 9.89. The molecule has 1 aliphatic carbocycles. The average Bonchev–Trinajstić information content (AvgIpc) is 2.87. The molecule has 3 aromatic carbocycles. The summed E-state index contributed by atoms with van der Waals surface area (Å²) in [4.78, 5) is 12.9. The predicted molar refractivity (Wildman–Crippen MR) is 137 cm³/mol. The van der Waals surface area contributed by atoms with E-state index < -0.39 is 45.9 Å².